The van der Waals surface area contributed by atoms with Crippen LogP contribution in [0.25, 0.3) is 10.9 Å². The molecule has 0 saturated heterocycles. The molecule has 0 aliphatic carbocycles. The van der Waals surface area contributed by atoms with Gasteiger partial charge in [0.15, 0.2) is 0 Å². The molecule has 0 spiro atoms. The number of nitrogens with zero attached hydrogens (tertiary/aromatic N) is 2. The zero-order chi connectivity index (χ0) is 14.8. The summed E-state index contributed by atoms with van der Waals surface area (Å²) < 4.78 is 0. The second kappa shape index (κ2) is 5.18. The summed E-state index contributed by atoms with van der Waals surface area (Å²) in [5.74, 6) is 0. The van der Waals surface area contributed by atoms with E-state index in [0.717, 1.165) is 27.7 Å². The van der Waals surface area contributed by atoms with Crippen LogP contribution >= 0.6 is 0 Å². The molecule has 0 fully saturated rings. The molecule has 3 rings (SSSR count). The Bertz CT molecular complexity index is 868. The van der Waals surface area contributed by atoms with Crippen LogP contribution in [0.5, 0.6) is 0 Å². The molecule has 3 aromatic rings. The van der Waals surface area contributed by atoms with E-state index in [0.29, 0.717) is 11.3 Å². The van der Waals surface area contributed by atoms with Crippen LogP contribution < -0.4 is 16.5 Å². The first kappa shape index (κ1) is 13.0. The molecule has 1 heterocycles. The van der Waals surface area contributed by atoms with Gasteiger partial charge in [-0.15, -0.1) is 0 Å². The number of fused-ring (bicyclic) bond motifs is 1. The molecule has 0 unspecified atom stereocenters. The zero-order valence-electron chi connectivity index (χ0n) is 11.6. The number of aromatic nitrogens is 1. The van der Waals surface area contributed by atoms with E-state index in [1.165, 1.54) is 0 Å². The Morgan fingerprint density at radius 3 is 2.81 bits per heavy atom. The lowest BCUT2D eigenvalue weighted by atomic mass is 9.96. The molecule has 3 N–H and O–H groups in total. The third-order valence-corrected chi connectivity index (χ3v) is 3.30. The standard InChI is InChI=1S/C16H13BN4/c17-11-2-1-3-13(6-11)21-16-10(8-18)9-20-15-5-4-12(19)7-14(15)16/h1-7,9H,17,19H2,(H,20,21). The van der Waals surface area contributed by atoms with Crippen molar-refractivity contribution >= 4 is 41.3 Å². The fraction of sp³-hybridized carbons (Fsp3) is 0. The van der Waals surface area contributed by atoms with E-state index in [4.69, 9.17) is 5.73 Å². The lowest BCUT2D eigenvalue weighted by Gasteiger charge is -2.12. The van der Waals surface area contributed by atoms with Crippen LogP contribution in [0.2, 0.25) is 0 Å². The molecule has 0 saturated carbocycles. The van der Waals surface area contributed by atoms with E-state index in [-0.39, 0.29) is 0 Å². The van der Waals surface area contributed by atoms with Gasteiger partial charge in [0.05, 0.1) is 16.8 Å². The number of hydrogen-bond donors (Lipinski definition) is 2. The van der Waals surface area contributed by atoms with Gasteiger partial charge < -0.3 is 11.1 Å². The number of hydrogen-bond acceptors (Lipinski definition) is 4. The Balaban J connectivity index is 2.19. The maximum absolute atomic E-state index is 9.32. The maximum Gasteiger partial charge on any atom is 0.139 e. The number of benzene rings is 2. The van der Waals surface area contributed by atoms with Crippen molar-refractivity contribution in [2.24, 2.45) is 0 Å². The molecule has 0 atom stereocenters. The van der Waals surface area contributed by atoms with Gasteiger partial charge >= 0.3 is 0 Å². The number of nitrogens with one attached hydrogen (secondary N) is 1. The van der Waals surface area contributed by atoms with Gasteiger partial charge in [-0.2, -0.15) is 5.26 Å². The van der Waals surface area contributed by atoms with Crippen molar-refractivity contribution in [3.05, 3.63) is 54.2 Å². The number of nitrogens with two attached hydrogens (primary N) is 1. The van der Waals surface area contributed by atoms with Gasteiger partial charge in [0.1, 0.15) is 13.9 Å². The van der Waals surface area contributed by atoms with Crippen molar-refractivity contribution in [2.45, 2.75) is 0 Å². The summed E-state index contributed by atoms with van der Waals surface area (Å²) in [7, 11) is 2.03. The number of nitrogen functional groups attached to an aromatic ring is 1. The smallest absolute Gasteiger partial charge is 0.139 e. The van der Waals surface area contributed by atoms with Crippen LogP contribution in [-0.2, 0) is 0 Å². The first-order valence-corrected chi connectivity index (χ1v) is 6.59. The lowest BCUT2D eigenvalue weighted by molar-refractivity contribution is 1.36. The maximum atomic E-state index is 9.32. The van der Waals surface area contributed by atoms with Crippen LogP contribution in [0.15, 0.2) is 48.7 Å². The van der Waals surface area contributed by atoms with Crippen molar-refractivity contribution in [3.63, 3.8) is 0 Å². The van der Waals surface area contributed by atoms with E-state index in [1.54, 1.807) is 12.3 Å². The number of anilines is 3. The van der Waals surface area contributed by atoms with Crippen molar-refractivity contribution in [1.29, 1.82) is 5.26 Å². The molecule has 5 heteroatoms. The minimum atomic E-state index is 0.495. The van der Waals surface area contributed by atoms with Crippen LogP contribution in [0, 0.1) is 11.3 Å². The molecule has 100 valence electrons. The molecule has 0 aliphatic heterocycles. The van der Waals surface area contributed by atoms with E-state index >= 15 is 0 Å². The van der Waals surface area contributed by atoms with Crippen molar-refractivity contribution in [3.8, 4) is 6.07 Å². The summed E-state index contributed by atoms with van der Waals surface area (Å²) in [5, 5.41) is 13.5. The molecular weight excluding hydrogens is 259 g/mol. The van der Waals surface area contributed by atoms with Gasteiger partial charge in [0.2, 0.25) is 0 Å². The van der Waals surface area contributed by atoms with Gasteiger partial charge in [0, 0.05) is 23.0 Å². The molecule has 0 bridgehead atoms. The second-order valence-electron chi connectivity index (χ2n) is 4.93. The highest BCUT2D eigenvalue weighted by Gasteiger charge is 2.09. The van der Waals surface area contributed by atoms with Crippen molar-refractivity contribution in [1.82, 2.24) is 4.98 Å². The molecule has 0 amide bonds. The second-order valence-corrected chi connectivity index (χ2v) is 4.93. The Kier molecular flexibility index (Phi) is 3.21. The van der Waals surface area contributed by atoms with E-state index in [2.05, 4.69) is 16.4 Å². The molecule has 4 nitrogen and oxygen atoms in total. The predicted octanol–water partition coefficient (Wildman–Crippen LogP) is 1.69. The predicted molar refractivity (Wildman–Crippen MR) is 88.8 cm³/mol. The minimum absolute atomic E-state index is 0.495. The summed E-state index contributed by atoms with van der Waals surface area (Å²) >= 11 is 0. The van der Waals surface area contributed by atoms with Gasteiger partial charge in [0.25, 0.3) is 0 Å². The van der Waals surface area contributed by atoms with Gasteiger partial charge in [-0.05, 0) is 30.3 Å². The third-order valence-electron chi connectivity index (χ3n) is 3.30. The summed E-state index contributed by atoms with van der Waals surface area (Å²) in [6, 6.07) is 15.7. The summed E-state index contributed by atoms with van der Waals surface area (Å²) in [4.78, 5) is 4.29. The van der Waals surface area contributed by atoms with Crippen molar-refractivity contribution < 1.29 is 0 Å². The Morgan fingerprint density at radius 2 is 2.05 bits per heavy atom. The quantitative estimate of drug-likeness (QED) is 0.550. The van der Waals surface area contributed by atoms with Crippen LogP contribution in [0.4, 0.5) is 17.1 Å². The van der Waals surface area contributed by atoms with Crippen LogP contribution in [0.3, 0.4) is 0 Å². The molecule has 0 aliphatic rings. The van der Waals surface area contributed by atoms with Crippen molar-refractivity contribution in [2.75, 3.05) is 11.1 Å². The number of rotatable bonds is 2. The average Bonchev–Trinajstić information content (AvgIpc) is 2.48. The SMILES string of the molecule is Bc1cccc(Nc2c(C#N)cnc3ccc(N)cc23)c1. The Morgan fingerprint density at radius 1 is 1.19 bits per heavy atom. The molecular formula is C16H13BN4. The molecule has 2 aromatic carbocycles. The van der Waals surface area contributed by atoms with E-state index in [9.17, 15) is 5.26 Å². The van der Waals surface area contributed by atoms with Gasteiger partial charge in [-0.1, -0.05) is 17.6 Å². The minimum Gasteiger partial charge on any atom is -0.399 e. The fourth-order valence-corrected chi connectivity index (χ4v) is 2.30. The fourth-order valence-electron chi connectivity index (χ4n) is 2.30. The lowest BCUT2D eigenvalue weighted by Crippen LogP contribution is -2.03. The number of nitriles is 1. The topological polar surface area (TPSA) is 74.7 Å². The Labute approximate surface area is 123 Å². The largest absolute Gasteiger partial charge is 0.399 e. The highest BCUT2D eigenvalue weighted by atomic mass is 14.9. The summed E-state index contributed by atoms with van der Waals surface area (Å²) in [5.41, 5.74) is 10.6. The molecule has 0 radical (unpaired) electrons. The normalized spacial score (nSPS) is 10.2. The summed E-state index contributed by atoms with van der Waals surface area (Å²) in [6.45, 7) is 0. The Hall–Kier alpha value is -3.00. The average molecular weight is 272 g/mol. The highest BCUT2D eigenvalue weighted by molar-refractivity contribution is 6.32. The van der Waals surface area contributed by atoms with Crippen LogP contribution in [0.1, 0.15) is 5.56 Å². The first-order valence-electron chi connectivity index (χ1n) is 6.59. The summed E-state index contributed by atoms with van der Waals surface area (Å²) in [6.07, 6.45) is 1.58. The molecule has 1 aromatic heterocycles. The third kappa shape index (κ3) is 2.52. The van der Waals surface area contributed by atoms with Gasteiger partial charge in [-0.25, -0.2) is 0 Å². The number of pyridine rings is 1. The van der Waals surface area contributed by atoms with E-state index in [1.807, 2.05) is 44.2 Å². The first-order chi connectivity index (χ1) is 10.2. The van der Waals surface area contributed by atoms with Crippen LogP contribution in [-0.4, -0.2) is 12.8 Å². The monoisotopic (exact) mass is 272 g/mol. The van der Waals surface area contributed by atoms with Gasteiger partial charge in [-0.3, -0.25) is 4.98 Å². The highest BCUT2D eigenvalue weighted by Crippen LogP contribution is 2.29. The molecule has 21 heavy (non-hydrogen) atoms. The van der Waals surface area contributed by atoms with E-state index < -0.39 is 0 Å². The zero-order valence-corrected chi connectivity index (χ0v) is 11.6.